The molecule has 2 aliphatic heterocycles. The fourth-order valence-electron chi connectivity index (χ4n) is 3.01. The summed E-state index contributed by atoms with van der Waals surface area (Å²) in [6.45, 7) is 2.44. The summed E-state index contributed by atoms with van der Waals surface area (Å²) in [6.07, 6.45) is 1.95. The summed E-state index contributed by atoms with van der Waals surface area (Å²) in [5.74, 6) is -0.0852. The van der Waals surface area contributed by atoms with E-state index in [1.165, 1.54) is 0 Å². The molecule has 0 radical (unpaired) electrons. The van der Waals surface area contributed by atoms with Gasteiger partial charge in [0.25, 0.3) is 0 Å². The van der Waals surface area contributed by atoms with Gasteiger partial charge in [0.05, 0.1) is 13.1 Å². The molecule has 1 aromatic carbocycles. The molecule has 1 saturated heterocycles. The van der Waals surface area contributed by atoms with Gasteiger partial charge >= 0.3 is 0 Å². The minimum atomic E-state index is -0.0853. The fraction of sp³-hybridized carbons (Fsp3) is 0.467. The molecule has 1 aromatic rings. The monoisotopic (exact) mass is 324 g/mol. The largest absolute Gasteiger partial charge is 0.398 e. The normalized spacial score (nSPS) is 17.4. The van der Waals surface area contributed by atoms with Crippen LogP contribution in [0.3, 0.4) is 0 Å². The first-order chi connectivity index (χ1) is 10.1. The van der Waals surface area contributed by atoms with Crippen LogP contribution >= 0.6 is 12.4 Å². The quantitative estimate of drug-likeness (QED) is 0.772. The minimum absolute atomic E-state index is 0. The standard InChI is InChI=1S/C15H20N4O2.ClH/c16-12-4-1-5-13-11(12)3-2-7-18(13)10-15(21)19-8-6-17-14(20)9-19;/h1,4-5H,2-3,6-10,16H2,(H,17,20);1H. The molecule has 2 heterocycles. The topological polar surface area (TPSA) is 78.7 Å². The van der Waals surface area contributed by atoms with Crippen LogP contribution in [0.15, 0.2) is 18.2 Å². The van der Waals surface area contributed by atoms with Crippen molar-refractivity contribution in [1.82, 2.24) is 10.2 Å². The summed E-state index contributed by atoms with van der Waals surface area (Å²) in [6, 6.07) is 5.84. The van der Waals surface area contributed by atoms with Crippen LogP contribution in [-0.2, 0) is 16.0 Å². The summed E-state index contributed by atoms with van der Waals surface area (Å²) < 4.78 is 0. The number of piperazine rings is 1. The van der Waals surface area contributed by atoms with Gasteiger partial charge in [-0.3, -0.25) is 9.59 Å². The Kier molecular flexibility index (Phi) is 5.13. The molecule has 3 rings (SSSR count). The molecule has 1 fully saturated rings. The Morgan fingerprint density at radius 1 is 1.32 bits per heavy atom. The highest BCUT2D eigenvalue weighted by atomic mass is 35.5. The van der Waals surface area contributed by atoms with Crippen molar-refractivity contribution in [2.24, 2.45) is 0 Å². The number of anilines is 2. The summed E-state index contributed by atoms with van der Waals surface area (Å²) in [5.41, 5.74) is 9.00. The van der Waals surface area contributed by atoms with Gasteiger partial charge in [-0.25, -0.2) is 0 Å². The molecule has 22 heavy (non-hydrogen) atoms. The number of nitrogen functional groups attached to an aromatic ring is 1. The molecule has 0 aromatic heterocycles. The van der Waals surface area contributed by atoms with Crippen LogP contribution in [0.25, 0.3) is 0 Å². The van der Waals surface area contributed by atoms with Gasteiger partial charge in [-0.15, -0.1) is 12.4 Å². The molecule has 2 aliphatic rings. The van der Waals surface area contributed by atoms with Crippen molar-refractivity contribution in [2.75, 3.05) is 43.4 Å². The van der Waals surface area contributed by atoms with E-state index in [1.807, 2.05) is 18.2 Å². The van der Waals surface area contributed by atoms with Crippen LogP contribution in [-0.4, -0.2) is 49.4 Å². The van der Waals surface area contributed by atoms with Gasteiger partial charge < -0.3 is 20.9 Å². The molecule has 0 bridgehead atoms. The minimum Gasteiger partial charge on any atom is -0.398 e. The van der Waals surface area contributed by atoms with E-state index >= 15 is 0 Å². The molecular weight excluding hydrogens is 304 g/mol. The number of hydrogen-bond acceptors (Lipinski definition) is 4. The highest BCUT2D eigenvalue weighted by Gasteiger charge is 2.25. The van der Waals surface area contributed by atoms with Crippen LogP contribution < -0.4 is 16.0 Å². The van der Waals surface area contributed by atoms with E-state index in [1.54, 1.807) is 4.90 Å². The smallest absolute Gasteiger partial charge is 0.242 e. The van der Waals surface area contributed by atoms with Gasteiger partial charge in [0.2, 0.25) is 11.8 Å². The molecule has 0 saturated carbocycles. The van der Waals surface area contributed by atoms with Crippen molar-refractivity contribution in [3.63, 3.8) is 0 Å². The van der Waals surface area contributed by atoms with E-state index in [9.17, 15) is 9.59 Å². The summed E-state index contributed by atoms with van der Waals surface area (Å²) in [4.78, 5) is 27.5. The van der Waals surface area contributed by atoms with Crippen LogP contribution in [0, 0.1) is 0 Å². The molecule has 3 N–H and O–H groups in total. The number of halogens is 1. The highest BCUT2D eigenvalue weighted by Crippen LogP contribution is 2.31. The average molecular weight is 325 g/mol. The Balaban J connectivity index is 0.00000176. The number of nitrogens with zero attached hydrogens (tertiary/aromatic N) is 2. The van der Waals surface area contributed by atoms with Crippen molar-refractivity contribution in [3.8, 4) is 0 Å². The maximum absolute atomic E-state index is 12.4. The second-order valence-electron chi connectivity index (χ2n) is 5.54. The molecule has 7 heteroatoms. The average Bonchev–Trinajstić information content (AvgIpc) is 2.48. The number of benzene rings is 1. The number of carbonyl (C=O) groups is 2. The third-order valence-corrected chi connectivity index (χ3v) is 4.10. The number of nitrogens with one attached hydrogen (secondary N) is 1. The molecule has 6 nitrogen and oxygen atoms in total. The first-order valence-corrected chi connectivity index (χ1v) is 7.32. The van der Waals surface area contributed by atoms with Crippen molar-refractivity contribution in [2.45, 2.75) is 12.8 Å². The van der Waals surface area contributed by atoms with E-state index < -0.39 is 0 Å². The van der Waals surface area contributed by atoms with Gasteiger partial charge in [0, 0.05) is 31.0 Å². The van der Waals surface area contributed by atoms with Crippen LogP contribution in [0.5, 0.6) is 0 Å². The fourth-order valence-corrected chi connectivity index (χ4v) is 3.01. The SMILES string of the molecule is Cl.Nc1cccc2c1CCCN2CC(=O)N1CCNC(=O)C1. The van der Waals surface area contributed by atoms with E-state index in [-0.39, 0.29) is 30.8 Å². The number of fused-ring (bicyclic) bond motifs is 1. The number of rotatable bonds is 2. The maximum atomic E-state index is 12.4. The molecule has 0 atom stereocenters. The van der Waals surface area contributed by atoms with Gasteiger partial charge in [0.15, 0.2) is 0 Å². The van der Waals surface area contributed by atoms with E-state index in [0.29, 0.717) is 19.6 Å². The Bertz CT molecular complexity index is 579. The number of amides is 2. The Morgan fingerprint density at radius 2 is 2.14 bits per heavy atom. The predicted octanol–water partition coefficient (Wildman–Crippen LogP) is 0.402. The van der Waals surface area contributed by atoms with E-state index in [4.69, 9.17) is 5.73 Å². The second-order valence-corrected chi connectivity index (χ2v) is 5.54. The molecule has 0 unspecified atom stereocenters. The Hall–Kier alpha value is -1.95. The summed E-state index contributed by atoms with van der Waals surface area (Å²) >= 11 is 0. The summed E-state index contributed by atoms with van der Waals surface area (Å²) in [5, 5.41) is 2.73. The predicted molar refractivity (Wildman–Crippen MR) is 88.2 cm³/mol. The number of hydrogen-bond donors (Lipinski definition) is 2. The highest BCUT2D eigenvalue weighted by molar-refractivity contribution is 5.88. The van der Waals surface area contributed by atoms with Crippen molar-refractivity contribution in [3.05, 3.63) is 23.8 Å². The molecular formula is C15H21ClN4O2. The van der Waals surface area contributed by atoms with Crippen molar-refractivity contribution in [1.29, 1.82) is 0 Å². The molecule has 0 aliphatic carbocycles. The van der Waals surface area contributed by atoms with Crippen LogP contribution in [0.1, 0.15) is 12.0 Å². The van der Waals surface area contributed by atoms with Crippen molar-refractivity contribution >= 4 is 35.6 Å². The zero-order valence-electron chi connectivity index (χ0n) is 12.4. The molecule has 0 spiro atoms. The van der Waals surface area contributed by atoms with E-state index in [0.717, 1.165) is 36.3 Å². The van der Waals surface area contributed by atoms with Gasteiger partial charge in [0.1, 0.15) is 0 Å². The lowest BCUT2D eigenvalue weighted by molar-refractivity contribution is -0.137. The second kappa shape index (κ2) is 6.87. The van der Waals surface area contributed by atoms with Crippen LogP contribution in [0.2, 0.25) is 0 Å². The maximum Gasteiger partial charge on any atom is 0.242 e. The third kappa shape index (κ3) is 3.27. The van der Waals surface area contributed by atoms with Crippen LogP contribution in [0.4, 0.5) is 11.4 Å². The summed E-state index contributed by atoms with van der Waals surface area (Å²) in [7, 11) is 0. The Labute approximate surface area is 136 Å². The zero-order valence-corrected chi connectivity index (χ0v) is 13.2. The Morgan fingerprint density at radius 3 is 2.91 bits per heavy atom. The number of carbonyl (C=O) groups excluding carboxylic acids is 2. The van der Waals surface area contributed by atoms with E-state index in [2.05, 4.69) is 10.2 Å². The zero-order chi connectivity index (χ0) is 14.8. The van der Waals surface area contributed by atoms with Gasteiger partial charge in [-0.2, -0.15) is 0 Å². The lowest BCUT2D eigenvalue weighted by Crippen LogP contribution is -2.52. The lowest BCUT2D eigenvalue weighted by atomic mass is 10.00. The lowest BCUT2D eigenvalue weighted by Gasteiger charge is -2.34. The first kappa shape index (κ1) is 16.4. The van der Waals surface area contributed by atoms with Crippen molar-refractivity contribution < 1.29 is 9.59 Å². The molecule has 2 amide bonds. The number of nitrogens with two attached hydrogens (primary N) is 1. The molecule has 120 valence electrons. The third-order valence-electron chi connectivity index (χ3n) is 4.10. The van der Waals surface area contributed by atoms with Gasteiger partial charge in [-0.1, -0.05) is 6.07 Å². The van der Waals surface area contributed by atoms with Gasteiger partial charge in [-0.05, 0) is 30.5 Å². The first-order valence-electron chi connectivity index (χ1n) is 7.32.